The van der Waals surface area contributed by atoms with Crippen LogP contribution in [0, 0.1) is 3.57 Å². The van der Waals surface area contributed by atoms with Gasteiger partial charge in [0.25, 0.3) is 5.91 Å². The van der Waals surface area contributed by atoms with Gasteiger partial charge in [0.15, 0.2) is 6.61 Å². The Morgan fingerprint density at radius 2 is 1.84 bits per heavy atom. The summed E-state index contributed by atoms with van der Waals surface area (Å²) in [6, 6.07) is 20.7. The largest absolute Gasteiger partial charge is 0.497 e. The van der Waals surface area contributed by atoms with Crippen molar-refractivity contribution in [2.75, 3.05) is 13.7 Å². The number of carbonyl (C=O) groups is 1. The highest BCUT2D eigenvalue weighted by molar-refractivity contribution is 14.1. The quantitative estimate of drug-likeness (QED) is 0.211. The van der Waals surface area contributed by atoms with Crippen LogP contribution in [0.25, 0.3) is 0 Å². The maximum absolute atomic E-state index is 12.0. The fraction of sp³-hybridized carbons (Fsp3) is 0.130. The lowest BCUT2D eigenvalue weighted by atomic mass is 10.2. The Balaban J connectivity index is 1.59. The van der Waals surface area contributed by atoms with Crippen molar-refractivity contribution in [1.82, 2.24) is 5.43 Å². The van der Waals surface area contributed by atoms with E-state index in [0.29, 0.717) is 29.4 Å². The maximum atomic E-state index is 12.0. The van der Waals surface area contributed by atoms with Gasteiger partial charge in [-0.2, -0.15) is 5.10 Å². The van der Waals surface area contributed by atoms with E-state index in [-0.39, 0.29) is 12.5 Å². The number of hydrogen-bond acceptors (Lipinski definition) is 5. The molecule has 0 saturated heterocycles. The number of hydrogen-bond donors (Lipinski definition) is 1. The molecule has 0 aromatic heterocycles. The molecule has 0 fully saturated rings. The lowest BCUT2D eigenvalue weighted by molar-refractivity contribution is -0.123. The molecular weight excluding hydrogens is 575 g/mol. The first-order chi connectivity index (χ1) is 15.0. The van der Waals surface area contributed by atoms with Gasteiger partial charge in [-0.1, -0.05) is 28.1 Å². The second-order valence-electron chi connectivity index (χ2n) is 6.36. The Bertz CT molecular complexity index is 1060. The van der Waals surface area contributed by atoms with Crippen LogP contribution >= 0.6 is 38.5 Å². The molecule has 6 nitrogen and oxygen atoms in total. The van der Waals surface area contributed by atoms with Gasteiger partial charge in [0.2, 0.25) is 0 Å². The Hall–Kier alpha value is -2.59. The molecule has 0 aliphatic carbocycles. The summed E-state index contributed by atoms with van der Waals surface area (Å²) in [4.78, 5) is 12.0. The zero-order valence-corrected chi connectivity index (χ0v) is 20.4. The van der Waals surface area contributed by atoms with Crippen molar-refractivity contribution in [3.63, 3.8) is 0 Å². The molecule has 1 amide bonds. The smallest absolute Gasteiger partial charge is 0.277 e. The van der Waals surface area contributed by atoms with Crippen LogP contribution in [0.2, 0.25) is 0 Å². The summed E-state index contributed by atoms with van der Waals surface area (Å²) in [6.45, 7) is 0.255. The van der Waals surface area contributed by atoms with Gasteiger partial charge in [0.05, 0.1) is 13.3 Å². The Morgan fingerprint density at radius 1 is 1.06 bits per heavy atom. The van der Waals surface area contributed by atoms with E-state index in [1.807, 2.05) is 48.5 Å². The van der Waals surface area contributed by atoms with E-state index in [0.717, 1.165) is 13.6 Å². The van der Waals surface area contributed by atoms with Gasteiger partial charge in [-0.15, -0.1) is 0 Å². The van der Waals surface area contributed by atoms with E-state index in [4.69, 9.17) is 14.2 Å². The number of rotatable bonds is 9. The minimum atomic E-state index is -0.366. The molecule has 0 saturated carbocycles. The molecule has 8 heteroatoms. The fourth-order valence-electron chi connectivity index (χ4n) is 2.56. The molecule has 3 rings (SSSR count). The number of nitrogens with one attached hydrogen (secondary N) is 1. The normalized spacial score (nSPS) is 10.7. The second kappa shape index (κ2) is 11.7. The number of carbonyl (C=O) groups excluding carboxylic acids is 1. The van der Waals surface area contributed by atoms with Crippen LogP contribution in [-0.2, 0) is 11.4 Å². The molecule has 0 bridgehead atoms. The summed E-state index contributed by atoms with van der Waals surface area (Å²) >= 11 is 5.66. The number of benzene rings is 3. The molecule has 0 spiro atoms. The first-order valence-electron chi connectivity index (χ1n) is 9.29. The lowest BCUT2D eigenvalue weighted by Crippen LogP contribution is -2.24. The Kier molecular flexibility index (Phi) is 8.72. The van der Waals surface area contributed by atoms with Crippen LogP contribution in [0.15, 0.2) is 76.3 Å². The summed E-state index contributed by atoms with van der Waals surface area (Å²) in [5.41, 5.74) is 4.16. The Morgan fingerprint density at radius 3 is 2.58 bits per heavy atom. The third-order valence-electron chi connectivity index (χ3n) is 4.08. The predicted octanol–water partition coefficient (Wildman–Crippen LogP) is 5.17. The summed E-state index contributed by atoms with van der Waals surface area (Å²) in [5.74, 6) is 1.53. The van der Waals surface area contributed by atoms with Crippen molar-refractivity contribution in [1.29, 1.82) is 0 Å². The third kappa shape index (κ3) is 7.55. The van der Waals surface area contributed by atoms with Crippen molar-refractivity contribution in [3.05, 3.63) is 85.9 Å². The lowest BCUT2D eigenvalue weighted by Gasteiger charge is -2.11. The summed E-state index contributed by atoms with van der Waals surface area (Å²) in [5, 5.41) is 4.02. The average molecular weight is 595 g/mol. The van der Waals surface area contributed by atoms with Gasteiger partial charge in [-0.25, -0.2) is 5.43 Å². The van der Waals surface area contributed by atoms with Crippen LogP contribution < -0.4 is 19.6 Å². The van der Waals surface area contributed by atoms with Gasteiger partial charge in [-0.05, 0) is 82.8 Å². The molecule has 0 aliphatic rings. The molecule has 1 N–H and O–H groups in total. The first-order valence-corrected chi connectivity index (χ1v) is 11.2. The summed E-state index contributed by atoms with van der Waals surface area (Å²) < 4.78 is 18.7. The monoisotopic (exact) mass is 594 g/mol. The second-order valence-corrected chi connectivity index (χ2v) is 8.52. The van der Waals surface area contributed by atoms with Gasteiger partial charge < -0.3 is 14.2 Å². The fourth-order valence-corrected chi connectivity index (χ4v) is 3.37. The van der Waals surface area contributed by atoms with E-state index in [2.05, 4.69) is 49.0 Å². The van der Waals surface area contributed by atoms with Crippen LogP contribution in [0.3, 0.4) is 0 Å². The zero-order chi connectivity index (χ0) is 22.1. The first kappa shape index (κ1) is 23.1. The maximum Gasteiger partial charge on any atom is 0.277 e. The number of methoxy groups -OCH3 is 1. The van der Waals surface area contributed by atoms with Gasteiger partial charge >= 0.3 is 0 Å². The van der Waals surface area contributed by atoms with E-state index >= 15 is 0 Å². The molecule has 0 aliphatic heterocycles. The van der Waals surface area contributed by atoms with Crippen molar-refractivity contribution in [2.45, 2.75) is 6.61 Å². The molecule has 31 heavy (non-hydrogen) atoms. The van der Waals surface area contributed by atoms with Crippen molar-refractivity contribution < 1.29 is 19.0 Å². The molecule has 0 heterocycles. The average Bonchev–Trinajstić information content (AvgIpc) is 2.78. The number of hydrazone groups is 1. The summed E-state index contributed by atoms with van der Waals surface area (Å²) in [7, 11) is 1.59. The van der Waals surface area contributed by atoms with Crippen molar-refractivity contribution in [3.8, 4) is 17.2 Å². The molecule has 0 unspecified atom stereocenters. The third-order valence-corrected chi connectivity index (χ3v) is 5.29. The Labute approximate surface area is 202 Å². The molecule has 3 aromatic carbocycles. The van der Waals surface area contributed by atoms with Crippen LogP contribution in [0.1, 0.15) is 11.1 Å². The standard InChI is InChI=1S/C23H20BrIN2O4/c1-29-21-9-10-22(31-14-16-3-2-4-18(24)11-16)17(12-21)13-26-27-23(28)15-30-20-7-5-19(25)6-8-20/h2-13H,14-15H2,1H3,(H,27,28)/b26-13-. The van der Waals surface area contributed by atoms with Crippen LogP contribution in [0.5, 0.6) is 17.2 Å². The van der Waals surface area contributed by atoms with Crippen molar-refractivity contribution >= 4 is 50.6 Å². The number of nitrogens with zero attached hydrogens (tertiary/aromatic N) is 1. The van der Waals surface area contributed by atoms with E-state index in [1.54, 1.807) is 25.3 Å². The van der Waals surface area contributed by atoms with Crippen molar-refractivity contribution in [2.24, 2.45) is 5.10 Å². The minimum absolute atomic E-state index is 0.137. The number of amides is 1. The highest BCUT2D eigenvalue weighted by atomic mass is 127. The van der Waals surface area contributed by atoms with Crippen LogP contribution in [-0.4, -0.2) is 25.8 Å². The highest BCUT2D eigenvalue weighted by Crippen LogP contribution is 2.24. The topological polar surface area (TPSA) is 69.2 Å². The van der Waals surface area contributed by atoms with E-state index in [9.17, 15) is 4.79 Å². The van der Waals surface area contributed by atoms with Gasteiger partial charge in [0.1, 0.15) is 23.9 Å². The van der Waals surface area contributed by atoms with Crippen LogP contribution in [0.4, 0.5) is 0 Å². The van der Waals surface area contributed by atoms with E-state index in [1.165, 1.54) is 6.21 Å². The van der Waals surface area contributed by atoms with Gasteiger partial charge in [0, 0.05) is 13.6 Å². The number of ether oxygens (including phenoxy) is 3. The van der Waals surface area contributed by atoms with Gasteiger partial charge in [-0.3, -0.25) is 4.79 Å². The number of halogens is 2. The molecule has 3 aromatic rings. The predicted molar refractivity (Wildman–Crippen MR) is 132 cm³/mol. The SMILES string of the molecule is COc1ccc(OCc2cccc(Br)c2)c(/C=N\NC(=O)COc2ccc(I)cc2)c1. The van der Waals surface area contributed by atoms with E-state index < -0.39 is 0 Å². The summed E-state index contributed by atoms with van der Waals surface area (Å²) in [6.07, 6.45) is 1.52. The molecular formula is C23H20BrIN2O4. The molecule has 0 radical (unpaired) electrons. The highest BCUT2D eigenvalue weighted by Gasteiger charge is 2.06. The zero-order valence-electron chi connectivity index (χ0n) is 16.7. The minimum Gasteiger partial charge on any atom is -0.497 e. The molecule has 160 valence electrons. The molecule has 0 atom stereocenters.